The van der Waals surface area contributed by atoms with Gasteiger partial charge in [-0.1, -0.05) is 268 Å². The van der Waals surface area contributed by atoms with Crippen LogP contribution in [0.25, 0.3) is 0 Å². The van der Waals surface area contributed by atoms with Crippen LogP contribution in [0.5, 0.6) is 0 Å². The second-order valence-electron chi connectivity index (χ2n) is 18.8. The molecule has 0 saturated heterocycles. The van der Waals surface area contributed by atoms with Gasteiger partial charge in [0.05, 0.1) is 6.61 Å². The molecule has 0 N–H and O–H groups in total. The topological polar surface area (TPSA) is 61.8 Å². The maximum atomic E-state index is 12.8. The van der Waals surface area contributed by atoms with Gasteiger partial charge in [0.2, 0.25) is 0 Å². The molecule has 0 aromatic rings. The molecule has 374 valence electrons. The number of carbonyl (C=O) groups is 2. The van der Waals surface area contributed by atoms with E-state index in [1.807, 2.05) is 0 Å². The van der Waals surface area contributed by atoms with Gasteiger partial charge in [-0.15, -0.1) is 0 Å². The van der Waals surface area contributed by atoms with Gasteiger partial charge in [-0.2, -0.15) is 0 Å². The average molecular weight is 898 g/mol. The summed E-state index contributed by atoms with van der Waals surface area (Å²) in [4.78, 5) is 25.5. The van der Waals surface area contributed by atoms with Gasteiger partial charge in [-0.05, 0) is 57.8 Å². The summed E-state index contributed by atoms with van der Waals surface area (Å²) < 4.78 is 17.5. The van der Waals surface area contributed by atoms with Crippen molar-refractivity contribution in [2.75, 3.05) is 19.8 Å². The maximum Gasteiger partial charge on any atom is 0.306 e. The van der Waals surface area contributed by atoms with Crippen LogP contribution < -0.4 is 0 Å². The number of esters is 2. The molecule has 0 aliphatic carbocycles. The minimum absolute atomic E-state index is 0.0776. The first-order chi connectivity index (χ1) is 31.6. The lowest BCUT2D eigenvalue weighted by molar-refractivity contribution is -0.163. The molecule has 0 fully saturated rings. The lowest BCUT2D eigenvalue weighted by Gasteiger charge is -2.18. The zero-order chi connectivity index (χ0) is 46.3. The molecule has 0 bridgehead atoms. The van der Waals surface area contributed by atoms with Crippen LogP contribution >= 0.6 is 0 Å². The van der Waals surface area contributed by atoms with Crippen LogP contribution in [0, 0.1) is 0 Å². The molecule has 0 aromatic heterocycles. The van der Waals surface area contributed by atoms with E-state index in [1.54, 1.807) is 0 Å². The Morgan fingerprint density at radius 3 is 1.12 bits per heavy atom. The minimum atomic E-state index is -0.542. The second-order valence-corrected chi connectivity index (χ2v) is 18.8. The van der Waals surface area contributed by atoms with E-state index in [2.05, 4.69) is 69.4 Å². The number of rotatable bonds is 52. The molecule has 0 spiro atoms. The summed E-state index contributed by atoms with van der Waals surface area (Å²) >= 11 is 0. The first-order valence-corrected chi connectivity index (χ1v) is 28.2. The van der Waals surface area contributed by atoms with Gasteiger partial charge in [0.15, 0.2) is 6.10 Å². The molecule has 1 unspecified atom stereocenters. The zero-order valence-electron chi connectivity index (χ0n) is 43.1. The summed E-state index contributed by atoms with van der Waals surface area (Å²) in [5.74, 6) is -0.407. The molecular weight excluding hydrogens is 789 g/mol. The van der Waals surface area contributed by atoms with Gasteiger partial charge in [0, 0.05) is 19.4 Å². The predicted molar refractivity (Wildman–Crippen MR) is 279 cm³/mol. The van der Waals surface area contributed by atoms with E-state index in [9.17, 15) is 9.59 Å². The second kappa shape index (κ2) is 55.2. The van der Waals surface area contributed by atoms with Crippen molar-refractivity contribution >= 4 is 11.9 Å². The van der Waals surface area contributed by atoms with Gasteiger partial charge in [0.25, 0.3) is 0 Å². The van der Waals surface area contributed by atoms with Crippen molar-refractivity contribution in [3.05, 3.63) is 48.6 Å². The van der Waals surface area contributed by atoms with Crippen molar-refractivity contribution in [1.82, 2.24) is 0 Å². The Morgan fingerprint density at radius 1 is 0.359 bits per heavy atom. The minimum Gasteiger partial charge on any atom is -0.462 e. The van der Waals surface area contributed by atoms with E-state index in [0.29, 0.717) is 19.4 Å². The first-order valence-electron chi connectivity index (χ1n) is 28.2. The Kier molecular flexibility index (Phi) is 53.3. The van der Waals surface area contributed by atoms with Crippen molar-refractivity contribution in [3.63, 3.8) is 0 Å². The molecule has 0 saturated carbocycles. The normalized spacial score (nSPS) is 12.5. The highest BCUT2D eigenvalue weighted by Gasteiger charge is 2.17. The number of ether oxygens (including phenoxy) is 3. The Bertz CT molecular complexity index is 1060. The van der Waals surface area contributed by atoms with Crippen LogP contribution in [0.2, 0.25) is 0 Å². The third-order valence-electron chi connectivity index (χ3n) is 12.4. The molecule has 0 radical (unpaired) electrons. The summed E-state index contributed by atoms with van der Waals surface area (Å²) in [6.45, 7) is 7.75. The molecule has 0 heterocycles. The number of carbonyl (C=O) groups excluding carboxylic acids is 2. The highest BCUT2D eigenvalue weighted by atomic mass is 16.6. The SMILES string of the molecule is CC/C=C\C/C=C\C/C=C\C/C=C\CCCCCCC(=O)OCC(COCCCCCCCCCCCCCCCCCC)OC(=O)CCCCCCCCCCCCCCCCC. The highest BCUT2D eigenvalue weighted by molar-refractivity contribution is 5.70. The number of allylic oxidation sites excluding steroid dienone is 8. The van der Waals surface area contributed by atoms with E-state index in [4.69, 9.17) is 14.2 Å². The zero-order valence-corrected chi connectivity index (χ0v) is 43.1. The fraction of sp³-hybridized carbons (Fsp3) is 0.831. The van der Waals surface area contributed by atoms with Crippen LogP contribution in [0.4, 0.5) is 0 Å². The Hall–Kier alpha value is -2.14. The van der Waals surface area contributed by atoms with E-state index >= 15 is 0 Å². The first kappa shape index (κ1) is 61.9. The average Bonchev–Trinajstić information content (AvgIpc) is 3.30. The fourth-order valence-corrected chi connectivity index (χ4v) is 8.21. The lowest BCUT2D eigenvalue weighted by Crippen LogP contribution is -2.30. The van der Waals surface area contributed by atoms with Crippen LogP contribution in [0.1, 0.15) is 290 Å². The molecule has 0 aliphatic heterocycles. The van der Waals surface area contributed by atoms with Crippen LogP contribution in [0.15, 0.2) is 48.6 Å². The molecule has 0 rings (SSSR count). The van der Waals surface area contributed by atoms with E-state index in [-0.39, 0.29) is 25.2 Å². The summed E-state index contributed by atoms with van der Waals surface area (Å²) in [5.41, 5.74) is 0. The molecule has 1 atom stereocenters. The van der Waals surface area contributed by atoms with Gasteiger partial charge >= 0.3 is 11.9 Å². The molecule has 5 heteroatoms. The molecule has 0 amide bonds. The Morgan fingerprint density at radius 2 is 0.703 bits per heavy atom. The van der Waals surface area contributed by atoms with Gasteiger partial charge in [-0.25, -0.2) is 0 Å². The van der Waals surface area contributed by atoms with Crippen LogP contribution in [-0.2, 0) is 23.8 Å². The monoisotopic (exact) mass is 897 g/mol. The largest absolute Gasteiger partial charge is 0.462 e. The van der Waals surface area contributed by atoms with Crippen LogP contribution in [0.3, 0.4) is 0 Å². The van der Waals surface area contributed by atoms with Gasteiger partial charge in [0.1, 0.15) is 6.61 Å². The van der Waals surface area contributed by atoms with Gasteiger partial charge in [-0.3, -0.25) is 9.59 Å². The summed E-state index contributed by atoms with van der Waals surface area (Å²) in [6, 6.07) is 0. The third kappa shape index (κ3) is 52.5. The smallest absolute Gasteiger partial charge is 0.306 e. The maximum absolute atomic E-state index is 12.8. The van der Waals surface area contributed by atoms with Crippen molar-refractivity contribution in [2.24, 2.45) is 0 Å². The molecule has 64 heavy (non-hydrogen) atoms. The number of hydrogen-bond acceptors (Lipinski definition) is 5. The van der Waals surface area contributed by atoms with Crippen molar-refractivity contribution in [1.29, 1.82) is 0 Å². The quantitative estimate of drug-likeness (QED) is 0.0346. The standard InChI is InChI=1S/C59H108O5/c1-4-7-10-13-16-19-22-25-28-30-32-34-37-40-43-46-49-52-58(60)63-56-57(55-62-54-51-48-45-42-39-36-33-29-26-23-20-17-14-11-8-5-2)64-59(61)53-50-47-44-41-38-35-31-27-24-21-18-15-12-9-6-3/h7,10,16,19,25,28,32,34,57H,4-6,8-9,11-15,17-18,20-24,26-27,29-31,33,35-56H2,1-3H3/b10-7-,19-16-,28-25-,34-32-. The van der Waals surface area contributed by atoms with Crippen LogP contribution in [-0.4, -0.2) is 37.9 Å². The highest BCUT2D eigenvalue weighted by Crippen LogP contribution is 2.16. The Labute approximate surface area is 399 Å². The van der Waals surface area contributed by atoms with E-state index < -0.39 is 6.10 Å². The third-order valence-corrected chi connectivity index (χ3v) is 12.4. The van der Waals surface area contributed by atoms with Crippen molar-refractivity contribution in [2.45, 2.75) is 297 Å². The summed E-state index contributed by atoms with van der Waals surface area (Å²) in [7, 11) is 0. The fourth-order valence-electron chi connectivity index (χ4n) is 8.21. The molecule has 0 aromatic carbocycles. The van der Waals surface area contributed by atoms with E-state index in [1.165, 1.54) is 180 Å². The lowest BCUT2D eigenvalue weighted by atomic mass is 10.0. The summed E-state index contributed by atoms with van der Waals surface area (Å²) in [5, 5.41) is 0. The summed E-state index contributed by atoms with van der Waals surface area (Å²) in [6.07, 6.45) is 68.4. The number of hydrogen-bond donors (Lipinski definition) is 0. The van der Waals surface area contributed by atoms with Crippen molar-refractivity contribution < 1.29 is 23.8 Å². The molecule has 5 nitrogen and oxygen atoms in total. The Balaban J connectivity index is 4.27. The predicted octanol–water partition coefficient (Wildman–Crippen LogP) is 19.1. The molecule has 0 aliphatic rings. The van der Waals surface area contributed by atoms with Gasteiger partial charge < -0.3 is 14.2 Å². The number of unbranched alkanes of at least 4 members (excludes halogenated alkanes) is 33. The molecular formula is C59H108O5. The van der Waals surface area contributed by atoms with Crippen molar-refractivity contribution in [3.8, 4) is 0 Å². The van der Waals surface area contributed by atoms with E-state index in [0.717, 1.165) is 77.0 Å².